The van der Waals surface area contributed by atoms with E-state index in [2.05, 4.69) is 5.32 Å². The van der Waals surface area contributed by atoms with Gasteiger partial charge in [0.15, 0.2) is 0 Å². The molecule has 2 fully saturated rings. The lowest BCUT2D eigenvalue weighted by Crippen LogP contribution is -2.49. The summed E-state index contributed by atoms with van der Waals surface area (Å²) in [6.45, 7) is 4.45. The van der Waals surface area contributed by atoms with Crippen molar-refractivity contribution in [3.8, 4) is 0 Å². The van der Waals surface area contributed by atoms with Gasteiger partial charge in [-0.2, -0.15) is 0 Å². The summed E-state index contributed by atoms with van der Waals surface area (Å²) in [4.78, 5) is 13.1. The van der Waals surface area contributed by atoms with Crippen molar-refractivity contribution in [2.24, 2.45) is 5.73 Å². The molecule has 3 N–H and O–H groups in total. The number of nitrogens with zero attached hydrogens (tertiary/aromatic N) is 1. The molecule has 2 amide bonds. The summed E-state index contributed by atoms with van der Waals surface area (Å²) in [6.07, 6.45) is 1.93. The molecule has 1 atom stereocenters. The van der Waals surface area contributed by atoms with Gasteiger partial charge in [0.2, 0.25) is 0 Å². The Morgan fingerprint density at radius 2 is 2.47 bits per heavy atom. The zero-order valence-corrected chi connectivity index (χ0v) is 10.1. The van der Waals surface area contributed by atoms with Gasteiger partial charge in [-0.15, -0.1) is 0 Å². The first-order valence-corrected chi connectivity index (χ1v) is 6.20. The number of hydrogen-bond donors (Lipinski definition) is 2. The Morgan fingerprint density at radius 1 is 1.59 bits per heavy atom. The van der Waals surface area contributed by atoms with E-state index in [4.69, 9.17) is 15.2 Å². The fourth-order valence-corrected chi connectivity index (χ4v) is 2.26. The number of urea groups is 1. The number of ether oxygens (including phenoxy) is 2. The minimum atomic E-state index is -0.339. The third-order valence-corrected chi connectivity index (χ3v) is 3.37. The Kier molecular flexibility index (Phi) is 4.20. The highest BCUT2D eigenvalue weighted by Gasteiger charge is 2.32. The zero-order chi connectivity index (χ0) is 12.1. The fraction of sp³-hybridized carbons (Fsp3) is 0.909. The van der Waals surface area contributed by atoms with Crippen LogP contribution in [0.1, 0.15) is 12.8 Å². The molecule has 2 saturated heterocycles. The molecule has 2 aliphatic heterocycles. The van der Waals surface area contributed by atoms with Crippen LogP contribution in [-0.2, 0) is 9.47 Å². The topological polar surface area (TPSA) is 76.8 Å². The molecule has 0 bridgehead atoms. The number of carbonyl (C=O) groups is 1. The van der Waals surface area contributed by atoms with E-state index in [-0.39, 0.29) is 11.6 Å². The van der Waals surface area contributed by atoms with Crippen molar-refractivity contribution >= 4 is 6.03 Å². The molecule has 0 saturated carbocycles. The van der Waals surface area contributed by atoms with E-state index >= 15 is 0 Å². The third-order valence-electron chi connectivity index (χ3n) is 3.37. The van der Waals surface area contributed by atoms with Crippen molar-refractivity contribution in [1.82, 2.24) is 10.2 Å². The second-order valence-corrected chi connectivity index (χ2v) is 4.61. The van der Waals surface area contributed by atoms with E-state index in [0.717, 1.165) is 32.5 Å². The van der Waals surface area contributed by atoms with Crippen molar-refractivity contribution in [1.29, 1.82) is 0 Å². The van der Waals surface area contributed by atoms with Gasteiger partial charge in [0, 0.05) is 32.8 Å². The summed E-state index contributed by atoms with van der Waals surface area (Å²) in [5.74, 6) is 0. The highest BCUT2D eigenvalue weighted by molar-refractivity contribution is 5.76. The molecule has 0 aromatic carbocycles. The smallest absolute Gasteiger partial charge is 0.317 e. The van der Waals surface area contributed by atoms with E-state index in [1.54, 1.807) is 4.90 Å². The van der Waals surface area contributed by atoms with Gasteiger partial charge >= 0.3 is 6.03 Å². The average molecular weight is 243 g/mol. The molecule has 0 aliphatic carbocycles. The summed E-state index contributed by atoms with van der Waals surface area (Å²) < 4.78 is 11.3. The van der Waals surface area contributed by atoms with Gasteiger partial charge in [-0.3, -0.25) is 0 Å². The first-order valence-electron chi connectivity index (χ1n) is 6.20. The maximum absolute atomic E-state index is 11.3. The van der Waals surface area contributed by atoms with Crippen molar-refractivity contribution in [3.63, 3.8) is 0 Å². The van der Waals surface area contributed by atoms with Crippen LogP contribution < -0.4 is 11.1 Å². The molecule has 2 aliphatic rings. The maximum atomic E-state index is 11.3. The van der Waals surface area contributed by atoms with Crippen LogP contribution in [0, 0.1) is 0 Å². The molecule has 17 heavy (non-hydrogen) atoms. The fourth-order valence-electron chi connectivity index (χ4n) is 2.26. The average Bonchev–Trinajstić information content (AvgIpc) is 2.76. The molecule has 0 aromatic heterocycles. The first-order chi connectivity index (χ1) is 8.26. The Bertz CT molecular complexity index is 267. The van der Waals surface area contributed by atoms with Gasteiger partial charge in [0.05, 0.1) is 13.2 Å². The number of rotatable bonds is 5. The standard InChI is InChI=1S/C11H21N3O3/c12-8-11(2-1-6-16-9-11)17-7-5-14-4-3-13-10(14)15/h1-9,12H2,(H,13,15). The van der Waals surface area contributed by atoms with Crippen LogP contribution >= 0.6 is 0 Å². The predicted octanol–water partition coefficient (Wildman–Crippen LogP) is -0.464. The molecule has 0 radical (unpaired) electrons. The maximum Gasteiger partial charge on any atom is 0.317 e. The van der Waals surface area contributed by atoms with E-state index < -0.39 is 0 Å². The predicted molar refractivity (Wildman–Crippen MR) is 62.8 cm³/mol. The van der Waals surface area contributed by atoms with Gasteiger partial charge in [0.25, 0.3) is 0 Å². The van der Waals surface area contributed by atoms with Crippen LogP contribution in [-0.4, -0.2) is 62.5 Å². The van der Waals surface area contributed by atoms with E-state index in [1.807, 2.05) is 0 Å². The van der Waals surface area contributed by atoms with Gasteiger partial charge in [-0.25, -0.2) is 4.79 Å². The van der Waals surface area contributed by atoms with Crippen LogP contribution in [0.3, 0.4) is 0 Å². The van der Waals surface area contributed by atoms with Crippen LogP contribution in [0.2, 0.25) is 0 Å². The summed E-state index contributed by atoms with van der Waals surface area (Å²) in [6, 6.07) is -0.00436. The second kappa shape index (κ2) is 5.66. The Balaban J connectivity index is 1.74. The lowest BCUT2D eigenvalue weighted by atomic mass is 9.97. The van der Waals surface area contributed by atoms with E-state index in [0.29, 0.717) is 26.3 Å². The van der Waals surface area contributed by atoms with Crippen LogP contribution in [0.5, 0.6) is 0 Å². The highest BCUT2D eigenvalue weighted by atomic mass is 16.5. The van der Waals surface area contributed by atoms with Gasteiger partial charge in [-0.1, -0.05) is 0 Å². The second-order valence-electron chi connectivity index (χ2n) is 4.61. The molecular weight excluding hydrogens is 222 g/mol. The molecule has 98 valence electrons. The first kappa shape index (κ1) is 12.6. The summed E-state index contributed by atoms with van der Waals surface area (Å²) in [5, 5.41) is 2.76. The van der Waals surface area contributed by atoms with Crippen molar-refractivity contribution in [3.05, 3.63) is 0 Å². The molecule has 6 nitrogen and oxygen atoms in total. The minimum absolute atomic E-state index is 0.00436. The van der Waals surface area contributed by atoms with Crippen molar-refractivity contribution in [2.75, 3.05) is 46.0 Å². The Labute approximate surface area is 101 Å². The SMILES string of the molecule is NCC1(OCCN2CCNC2=O)CCCOC1. The number of carbonyl (C=O) groups excluding carboxylic acids is 1. The number of nitrogens with one attached hydrogen (secondary N) is 1. The molecule has 2 rings (SSSR count). The molecule has 0 aromatic rings. The highest BCUT2D eigenvalue weighted by Crippen LogP contribution is 2.22. The van der Waals surface area contributed by atoms with Crippen LogP contribution in [0.15, 0.2) is 0 Å². The molecule has 2 heterocycles. The Hall–Kier alpha value is -0.850. The minimum Gasteiger partial charge on any atom is -0.378 e. The van der Waals surface area contributed by atoms with Crippen molar-refractivity contribution in [2.45, 2.75) is 18.4 Å². The van der Waals surface area contributed by atoms with Crippen LogP contribution in [0.4, 0.5) is 4.79 Å². The molecular formula is C11H21N3O3. The van der Waals surface area contributed by atoms with Gasteiger partial charge < -0.3 is 25.4 Å². The quantitative estimate of drug-likeness (QED) is 0.685. The molecule has 1 unspecified atom stereocenters. The number of hydrogen-bond acceptors (Lipinski definition) is 4. The van der Waals surface area contributed by atoms with Gasteiger partial charge in [0.1, 0.15) is 5.60 Å². The molecule has 6 heteroatoms. The monoisotopic (exact) mass is 243 g/mol. The summed E-state index contributed by atoms with van der Waals surface area (Å²) in [7, 11) is 0. The number of nitrogens with two attached hydrogens (primary N) is 1. The van der Waals surface area contributed by atoms with Gasteiger partial charge in [-0.05, 0) is 12.8 Å². The van der Waals surface area contributed by atoms with E-state index in [1.165, 1.54) is 0 Å². The third kappa shape index (κ3) is 3.08. The van der Waals surface area contributed by atoms with Crippen molar-refractivity contribution < 1.29 is 14.3 Å². The lowest BCUT2D eigenvalue weighted by Gasteiger charge is -2.36. The largest absolute Gasteiger partial charge is 0.378 e. The van der Waals surface area contributed by atoms with E-state index in [9.17, 15) is 4.79 Å². The summed E-state index contributed by atoms with van der Waals surface area (Å²) >= 11 is 0. The summed E-state index contributed by atoms with van der Waals surface area (Å²) in [5.41, 5.74) is 5.42. The molecule has 0 spiro atoms. The lowest BCUT2D eigenvalue weighted by molar-refractivity contribution is -0.124. The van der Waals surface area contributed by atoms with Crippen LogP contribution in [0.25, 0.3) is 0 Å². The zero-order valence-electron chi connectivity index (χ0n) is 10.1. The normalized spacial score (nSPS) is 29.5. The number of amides is 2. The Morgan fingerprint density at radius 3 is 3.06 bits per heavy atom.